The van der Waals surface area contributed by atoms with E-state index in [2.05, 4.69) is 42.7 Å². The Morgan fingerprint density at radius 3 is 0.556 bits per heavy atom. The van der Waals surface area contributed by atoms with E-state index < -0.39 is 41.2 Å². The van der Waals surface area contributed by atoms with Crippen molar-refractivity contribution in [1.29, 1.82) is 0 Å². The third-order valence-electron chi connectivity index (χ3n) is 0. The van der Waals surface area contributed by atoms with Gasteiger partial charge in [-0.2, -0.15) is 0 Å². The van der Waals surface area contributed by atoms with Crippen molar-refractivity contribution in [2.24, 2.45) is 0 Å². The predicted octanol–water partition coefficient (Wildman–Crippen LogP) is -2.92. The molecule has 18 heavy (non-hydrogen) atoms. The summed E-state index contributed by atoms with van der Waals surface area (Å²) in [6, 6.07) is 0. The van der Waals surface area contributed by atoms with Crippen LogP contribution in [0.3, 0.4) is 0 Å². The van der Waals surface area contributed by atoms with E-state index in [0.717, 1.165) is 0 Å². The maximum atomic E-state index is 8.77. The predicted molar refractivity (Wildman–Crippen MR) is 59.1 cm³/mol. The van der Waals surface area contributed by atoms with Gasteiger partial charge in [-0.25, -0.2) is 0 Å². The van der Waals surface area contributed by atoms with Crippen LogP contribution >= 0.6 is 42.7 Å². The average molecular weight is 629 g/mol. The Labute approximate surface area is 187 Å². The van der Waals surface area contributed by atoms with Crippen molar-refractivity contribution in [2.45, 2.75) is 0 Å². The van der Waals surface area contributed by atoms with E-state index >= 15 is 0 Å². The van der Waals surface area contributed by atoms with Crippen LogP contribution in [-0.2, 0) is 61.3 Å². The fourth-order valence-electron chi connectivity index (χ4n) is 0. The Kier molecular flexibility index (Phi) is 68.8. The zero-order chi connectivity index (χ0) is 14.3. The fourth-order valence-corrected chi connectivity index (χ4v) is 0. The van der Waals surface area contributed by atoms with Crippen LogP contribution in [0.15, 0.2) is 0 Å². The van der Waals surface area contributed by atoms with Gasteiger partial charge in [-0.1, -0.05) is 0 Å². The van der Waals surface area contributed by atoms with Gasteiger partial charge in [0.05, 0.1) is 0 Å². The first-order chi connectivity index (χ1) is 6.93. The standard InChI is InChI=1S/4ClHO2S.Ir.K/c4*1-4(2)3;;/h4*(H,2,3);;/q;;;;+3;+1/p-4. The largest absolute Gasteiger partial charge is 3.00 e. The monoisotopic (exact) mass is 628 g/mol. The van der Waals surface area contributed by atoms with Crippen LogP contribution in [0.2, 0.25) is 0 Å². The van der Waals surface area contributed by atoms with E-state index in [-0.39, 0.29) is 71.5 Å². The van der Waals surface area contributed by atoms with Crippen molar-refractivity contribution in [3.8, 4) is 0 Å². The van der Waals surface area contributed by atoms with Crippen LogP contribution in [0, 0.1) is 0 Å². The zero-order valence-corrected chi connectivity index (χ0v) is 19.6. The zero-order valence-electron chi connectivity index (χ0n) is 7.74. The van der Waals surface area contributed by atoms with Crippen LogP contribution in [0.4, 0.5) is 0 Å². The molecule has 4 unspecified atom stereocenters. The van der Waals surface area contributed by atoms with E-state index in [1.54, 1.807) is 0 Å². The van der Waals surface area contributed by atoms with Gasteiger partial charge in [0.2, 0.25) is 0 Å². The first-order valence-corrected chi connectivity index (χ1v) is 9.55. The molecule has 110 valence electrons. The summed E-state index contributed by atoms with van der Waals surface area (Å²) >= 11 is 0. The number of rotatable bonds is 0. The van der Waals surface area contributed by atoms with E-state index in [4.69, 9.17) is 35.0 Å². The molecule has 0 bridgehead atoms. The van der Waals surface area contributed by atoms with Crippen LogP contribution in [0.5, 0.6) is 0 Å². The van der Waals surface area contributed by atoms with Gasteiger partial charge in [0.1, 0.15) is 0 Å². The molecular weight excluding hydrogens is 629 g/mol. The van der Waals surface area contributed by atoms with E-state index in [1.807, 2.05) is 0 Å². The Morgan fingerprint density at radius 1 is 0.556 bits per heavy atom. The molecule has 0 fully saturated rings. The molecule has 0 aliphatic carbocycles. The molecule has 0 amide bonds. The maximum absolute atomic E-state index is 8.77. The minimum absolute atomic E-state index is 0. The van der Waals surface area contributed by atoms with E-state index in [9.17, 15) is 0 Å². The molecule has 0 radical (unpaired) electrons. The van der Waals surface area contributed by atoms with E-state index in [1.165, 1.54) is 0 Å². The van der Waals surface area contributed by atoms with Gasteiger partial charge in [0.15, 0.2) is 0 Å². The molecular formula is Cl4IrKO8S4. The minimum Gasteiger partial charge on any atom is -0.760 e. The average Bonchev–Trinajstić information content (AvgIpc) is 1.76. The molecule has 0 aromatic rings. The number of hydrogen-bond acceptors (Lipinski definition) is 8. The fraction of sp³-hybridized carbons (Fsp3) is 0. The van der Waals surface area contributed by atoms with Gasteiger partial charge in [0.25, 0.3) is 0 Å². The van der Waals surface area contributed by atoms with Gasteiger partial charge in [0, 0.05) is 41.2 Å². The SMILES string of the molecule is O=S([O-])Cl.O=S([O-])Cl.O=S([O-])Cl.O=S([O-])Cl.[Ir+3].[K+]. The molecule has 0 spiro atoms. The summed E-state index contributed by atoms with van der Waals surface area (Å²) in [5, 5.41) is 0. The minimum atomic E-state index is -2.39. The van der Waals surface area contributed by atoms with Crippen molar-refractivity contribution in [1.82, 2.24) is 0 Å². The summed E-state index contributed by atoms with van der Waals surface area (Å²) in [6.07, 6.45) is 0. The Hall–Kier alpha value is 3.89. The Morgan fingerprint density at radius 2 is 0.556 bits per heavy atom. The quantitative estimate of drug-likeness (QED) is 0.157. The van der Waals surface area contributed by atoms with Gasteiger partial charge >= 0.3 is 71.5 Å². The summed E-state index contributed by atoms with van der Waals surface area (Å²) in [4.78, 5) is 0. The summed E-state index contributed by atoms with van der Waals surface area (Å²) in [6.45, 7) is 0. The second-order valence-corrected chi connectivity index (χ2v) is 5.35. The van der Waals surface area contributed by atoms with Crippen molar-refractivity contribution in [3.05, 3.63) is 0 Å². The van der Waals surface area contributed by atoms with Crippen LogP contribution in [0.25, 0.3) is 0 Å². The normalized spacial score (nSPS) is 13.8. The van der Waals surface area contributed by atoms with Crippen LogP contribution < -0.4 is 51.4 Å². The smallest absolute Gasteiger partial charge is 0.760 e. The number of halogens is 4. The molecule has 0 rings (SSSR count). The first-order valence-electron chi connectivity index (χ1n) is 1.95. The topological polar surface area (TPSA) is 161 Å². The van der Waals surface area contributed by atoms with Gasteiger partial charge < -0.3 is 18.2 Å². The molecule has 0 aliphatic rings. The molecule has 0 aliphatic heterocycles. The summed E-state index contributed by atoms with van der Waals surface area (Å²) in [7, 11) is 7.21. The second-order valence-electron chi connectivity index (χ2n) is 0.776. The molecule has 0 N–H and O–H groups in total. The molecule has 0 heterocycles. The molecule has 0 saturated heterocycles. The summed E-state index contributed by atoms with van der Waals surface area (Å²) in [5.74, 6) is 0. The van der Waals surface area contributed by atoms with Crippen LogP contribution in [0.1, 0.15) is 0 Å². The molecule has 18 heteroatoms. The summed E-state index contributed by atoms with van der Waals surface area (Å²) < 4.78 is 70.1. The maximum Gasteiger partial charge on any atom is 3.00 e. The van der Waals surface area contributed by atoms with Gasteiger partial charge in [-0.05, 0) is 42.7 Å². The van der Waals surface area contributed by atoms with Crippen molar-refractivity contribution >= 4 is 83.9 Å². The molecule has 0 aromatic carbocycles. The van der Waals surface area contributed by atoms with Gasteiger partial charge in [-0.15, -0.1) is 0 Å². The molecule has 8 nitrogen and oxygen atoms in total. The summed E-state index contributed by atoms with van der Waals surface area (Å²) in [5.41, 5.74) is 0. The second kappa shape index (κ2) is 32.7. The number of hydrogen-bond donors (Lipinski definition) is 0. The first kappa shape index (κ1) is 37.8. The molecule has 0 saturated carbocycles. The Bertz CT molecular complexity index is 175. The Balaban J connectivity index is -0.0000000257. The third kappa shape index (κ3) is 470. The molecule has 4 atom stereocenters. The van der Waals surface area contributed by atoms with Crippen molar-refractivity contribution in [3.63, 3.8) is 0 Å². The van der Waals surface area contributed by atoms with Crippen molar-refractivity contribution in [2.75, 3.05) is 0 Å². The molecule has 0 aromatic heterocycles. The van der Waals surface area contributed by atoms with Crippen LogP contribution in [-0.4, -0.2) is 35.0 Å². The van der Waals surface area contributed by atoms with E-state index in [0.29, 0.717) is 0 Å². The van der Waals surface area contributed by atoms with Crippen molar-refractivity contribution < 1.29 is 107 Å². The van der Waals surface area contributed by atoms with Gasteiger partial charge in [-0.3, -0.25) is 16.8 Å². The third-order valence-corrected chi connectivity index (χ3v) is 0.